The van der Waals surface area contributed by atoms with Crippen LogP contribution in [-0.2, 0) is 4.79 Å². The largest absolute Gasteiger partial charge is 0.484 e. The maximum absolute atomic E-state index is 12.3. The van der Waals surface area contributed by atoms with E-state index in [4.69, 9.17) is 4.74 Å². The Morgan fingerprint density at radius 1 is 1.37 bits per heavy atom. The third kappa shape index (κ3) is 3.49. The van der Waals surface area contributed by atoms with E-state index in [-0.39, 0.29) is 12.5 Å². The summed E-state index contributed by atoms with van der Waals surface area (Å²) in [5.41, 5.74) is 1.07. The van der Waals surface area contributed by atoms with E-state index in [0.717, 1.165) is 37.1 Å². The Balaban J connectivity index is 1.92. The monoisotopic (exact) mass is 261 g/mol. The summed E-state index contributed by atoms with van der Waals surface area (Å²) in [5.74, 6) is 0.927. The minimum Gasteiger partial charge on any atom is -0.484 e. The van der Waals surface area contributed by atoms with Gasteiger partial charge in [-0.25, -0.2) is 0 Å². The van der Waals surface area contributed by atoms with Crippen LogP contribution in [0.25, 0.3) is 0 Å². The standard InChI is InChI=1S/C16H23NO2/c1-3-14-9-6-7-11-17(14)16(18)12-19-15-10-5-4-8-13(15)2/h4-5,8,10,14H,3,6-7,9,11-12H2,1-2H3. The second kappa shape index (κ2) is 6.60. The van der Waals surface area contributed by atoms with Crippen LogP contribution in [0.15, 0.2) is 24.3 Å². The number of nitrogens with zero attached hydrogens (tertiary/aromatic N) is 1. The topological polar surface area (TPSA) is 29.5 Å². The summed E-state index contributed by atoms with van der Waals surface area (Å²) in [4.78, 5) is 14.3. The van der Waals surface area contributed by atoms with Gasteiger partial charge in [0.2, 0.25) is 0 Å². The number of hydrogen-bond acceptors (Lipinski definition) is 2. The molecule has 0 aromatic heterocycles. The molecule has 1 aliphatic rings. The summed E-state index contributed by atoms with van der Waals surface area (Å²) >= 11 is 0. The summed E-state index contributed by atoms with van der Waals surface area (Å²) in [6.45, 7) is 5.18. The van der Waals surface area contributed by atoms with Crippen LogP contribution in [0.5, 0.6) is 5.75 Å². The molecule has 0 bridgehead atoms. The molecule has 1 aromatic carbocycles. The van der Waals surface area contributed by atoms with Gasteiger partial charge in [0, 0.05) is 12.6 Å². The van der Waals surface area contributed by atoms with Gasteiger partial charge in [0.1, 0.15) is 5.75 Å². The number of hydrogen-bond donors (Lipinski definition) is 0. The molecular formula is C16H23NO2. The van der Waals surface area contributed by atoms with Crippen molar-refractivity contribution < 1.29 is 9.53 Å². The molecule has 0 spiro atoms. The third-order valence-electron chi connectivity index (χ3n) is 3.86. The van der Waals surface area contributed by atoms with Gasteiger partial charge in [-0.1, -0.05) is 25.1 Å². The number of benzene rings is 1. The zero-order valence-corrected chi connectivity index (χ0v) is 11.9. The van der Waals surface area contributed by atoms with Gasteiger partial charge in [-0.15, -0.1) is 0 Å². The van der Waals surface area contributed by atoms with Crippen molar-refractivity contribution >= 4 is 5.91 Å². The smallest absolute Gasteiger partial charge is 0.260 e. The minimum absolute atomic E-state index is 0.120. The highest BCUT2D eigenvalue weighted by molar-refractivity contribution is 5.78. The lowest BCUT2D eigenvalue weighted by molar-refractivity contribution is -0.137. The normalized spacial score (nSPS) is 19.3. The Morgan fingerprint density at radius 3 is 2.89 bits per heavy atom. The Hall–Kier alpha value is -1.51. The number of ether oxygens (including phenoxy) is 1. The van der Waals surface area contributed by atoms with Crippen molar-refractivity contribution in [1.82, 2.24) is 4.90 Å². The molecule has 1 amide bonds. The summed E-state index contributed by atoms with van der Waals surface area (Å²) in [7, 11) is 0. The molecule has 1 heterocycles. The molecule has 0 N–H and O–H groups in total. The van der Waals surface area contributed by atoms with Gasteiger partial charge in [0.15, 0.2) is 6.61 Å². The van der Waals surface area contributed by atoms with Crippen molar-refractivity contribution in [3.05, 3.63) is 29.8 Å². The zero-order chi connectivity index (χ0) is 13.7. The second-order valence-electron chi connectivity index (χ2n) is 5.20. The van der Waals surface area contributed by atoms with E-state index in [9.17, 15) is 4.79 Å². The molecule has 3 heteroatoms. The molecule has 1 atom stereocenters. The van der Waals surface area contributed by atoms with Crippen molar-refractivity contribution in [2.24, 2.45) is 0 Å². The Labute approximate surface area is 115 Å². The molecule has 104 valence electrons. The van der Waals surface area contributed by atoms with Crippen LogP contribution in [0.1, 0.15) is 38.2 Å². The number of aryl methyl sites for hydroxylation is 1. The van der Waals surface area contributed by atoms with E-state index < -0.39 is 0 Å². The summed E-state index contributed by atoms with van der Waals surface area (Å²) in [5, 5.41) is 0. The van der Waals surface area contributed by atoms with E-state index in [1.165, 1.54) is 6.42 Å². The maximum atomic E-state index is 12.3. The first-order valence-corrected chi connectivity index (χ1v) is 7.20. The fourth-order valence-electron chi connectivity index (χ4n) is 2.69. The fourth-order valence-corrected chi connectivity index (χ4v) is 2.69. The lowest BCUT2D eigenvalue weighted by Crippen LogP contribution is -2.45. The molecule has 0 saturated carbocycles. The first-order chi connectivity index (χ1) is 9.22. The molecule has 3 nitrogen and oxygen atoms in total. The lowest BCUT2D eigenvalue weighted by atomic mass is 10.00. The van der Waals surface area contributed by atoms with Gasteiger partial charge in [-0.05, 0) is 44.2 Å². The van der Waals surface area contributed by atoms with E-state index in [1.54, 1.807) is 0 Å². The summed E-state index contributed by atoms with van der Waals surface area (Å²) in [6.07, 6.45) is 4.52. The van der Waals surface area contributed by atoms with Crippen molar-refractivity contribution in [2.45, 2.75) is 45.6 Å². The van der Waals surface area contributed by atoms with Crippen LogP contribution >= 0.6 is 0 Å². The number of carbonyl (C=O) groups is 1. The number of carbonyl (C=O) groups excluding carboxylic acids is 1. The van der Waals surface area contributed by atoms with Crippen LogP contribution in [-0.4, -0.2) is 30.0 Å². The predicted molar refractivity (Wildman–Crippen MR) is 76.3 cm³/mol. The average Bonchev–Trinajstić information content (AvgIpc) is 2.46. The minimum atomic E-state index is 0.120. The number of rotatable bonds is 4. The van der Waals surface area contributed by atoms with Gasteiger partial charge in [-0.3, -0.25) is 4.79 Å². The molecule has 1 aliphatic heterocycles. The quantitative estimate of drug-likeness (QED) is 0.833. The molecule has 0 radical (unpaired) electrons. The van der Waals surface area contributed by atoms with Crippen LogP contribution < -0.4 is 4.74 Å². The van der Waals surface area contributed by atoms with Gasteiger partial charge in [0.25, 0.3) is 5.91 Å². The first kappa shape index (κ1) is 13.9. The summed E-state index contributed by atoms with van der Waals surface area (Å²) in [6, 6.07) is 8.22. The highest BCUT2D eigenvalue weighted by Gasteiger charge is 2.25. The third-order valence-corrected chi connectivity index (χ3v) is 3.86. The first-order valence-electron chi connectivity index (χ1n) is 7.20. The number of likely N-dealkylation sites (tertiary alicyclic amines) is 1. The number of para-hydroxylation sites is 1. The van der Waals surface area contributed by atoms with Gasteiger partial charge in [-0.2, -0.15) is 0 Å². The number of amides is 1. The molecule has 1 unspecified atom stereocenters. The maximum Gasteiger partial charge on any atom is 0.260 e. The Bertz CT molecular complexity index is 431. The average molecular weight is 261 g/mol. The fraction of sp³-hybridized carbons (Fsp3) is 0.562. The van der Waals surface area contributed by atoms with Crippen molar-refractivity contribution in [3.8, 4) is 5.75 Å². The Kier molecular flexibility index (Phi) is 4.83. The molecule has 1 saturated heterocycles. The van der Waals surface area contributed by atoms with Gasteiger partial charge >= 0.3 is 0 Å². The van der Waals surface area contributed by atoms with Crippen molar-refractivity contribution in [1.29, 1.82) is 0 Å². The van der Waals surface area contributed by atoms with Crippen molar-refractivity contribution in [3.63, 3.8) is 0 Å². The predicted octanol–water partition coefficient (Wildman–Crippen LogP) is 3.16. The van der Waals surface area contributed by atoms with Crippen molar-refractivity contribution in [2.75, 3.05) is 13.2 Å². The zero-order valence-electron chi connectivity index (χ0n) is 11.9. The summed E-state index contributed by atoms with van der Waals surface area (Å²) < 4.78 is 5.65. The molecule has 2 rings (SSSR count). The van der Waals surface area contributed by atoms with E-state index in [1.807, 2.05) is 36.1 Å². The van der Waals surface area contributed by atoms with Crippen LogP contribution in [0.2, 0.25) is 0 Å². The lowest BCUT2D eigenvalue weighted by Gasteiger charge is -2.35. The Morgan fingerprint density at radius 2 is 2.16 bits per heavy atom. The molecule has 0 aliphatic carbocycles. The SMILES string of the molecule is CCC1CCCCN1C(=O)COc1ccccc1C. The molecule has 1 aromatic rings. The highest BCUT2D eigenvalue weighted by Crippen LogP contribution is 2.20. The molecule has 19 heavy (non-hydrogen) atoms. The molecule has 1 fully saturated rings. The van der Waals surface area contributed by atoms with Crippen LogP contribution in [0.3, 0.4) is 0 Å². The van der Waals surface area contributed by atoms with Gasteiger partial charge in [0.05, 0.1) is 0 Å². The second-order valence-corrected chi connectivity index (χ2v) is 5.20. The van der Waals surface area contributed by atoms with E-state index in [0.29, 0.717) is 6.04 Å². The van der Waals surface area contributed by atoms with Crippen LogP contribution in [0, 0.1) is 6.92 Å². The van der Waals surface area contributed by atoms with Crippen LogP contribution in [0.4, 0.5) is 0 Å². The molecular weight excluding hydrogens is 238 g/mol. The number of piperidine rings is 1. The van der Waals surface area contributed by atoms with Gasteiger partial charge < -0.3 is 9.64 Å². The van der Waals surface area contributed by atoms with E-state index >= 15 is 0 Å². The van der Waals surface area contributed by atoms with E-state index in [2.05, 4.69) is 6.92 Å². The highest BCUT2D eigenvalue weighted by atomic mass is 16.5.